The highest BCUT2D eigenvalue weighted by atomic mass is 79.9. The summed E-state index contributed by atoms with van der Waals surface area (Å²) < 4.78 is 2.38. The van der Waals surface area contributed by atoms with Crippen molar-refractivity contribution in [3.8, 4) is 0 Å². The van der Waals surface area contributed by atoms with Crippen molar-refractivity contribution >= 4 is 67.4 Å². The molecule has 0 aliphatic rings. The van der Waals surface area contributed by atoms with Crippen molar-refractivity contribution in [2.45, 2.75) is 13.1 Å². The summed E-state index contributed by atoms with van der Waals surface area (Å²) in [7, 11) is -1.14. The molecule has 0 aliphatic heterocycles. The molecule has 0 aliphatic carbocycles. The molecular formula is C14H18Br2Si3. The molecule has 0 heterocycles. The third-order valence-electron chi connectivity index (χ3n) is 3.19. The summed E-state index contributed by atoms with van der Waals surface area (Å²) in [6.45, 7) is 5.19. The Bertz CT molecular complexity index is 486. The second-order valence-electron chi connectivity index (χ2n) is 5.77. The van der Waals surface area contributed by atoms with E-state index < -0.39 is 7.11 Å². The van der Waals surface area contributed by atoms with E-state index >= 15 is 0 Å². The number of rotatable bonds is 4. The van der Waals surface area contributed by atoms with Crippen molar-refractivity contribution < 1.29 is 0 Å². The molecule has 0 N–H and O–H groups in total. The van der Waals surface area contributed by atoms with Gasteiger partial charge in [0.25, 0.3) is 0 Å². The molecule has 5 heteroatoms. The minimum Gasteiger partial charge on any atom is -0.0735 e. The van der Waals surface area contributed by atoms with Gasteiger partial charge in [-0.05, 0) is 24.3 Å². The average Bonchev–Trinajstić information content (AvgIpc) is 2.34. The van der Waals surface area contributed by atoms with E-state index in [9.17, 15) is 0 Å². The molecule has 0 saturated heterocycles. The van der Waals surface area contributed by atoms with E-state index in [1.807, 2.05) is 0 Å². The van der Waals surface area contributed by atoms with Crippen molar-refractivity contribution in [1.82, 2.24) is 0 Å². The zero-order chi connectivity index (χ0) is 13.9. The van der Waals surface area contributed by atoms with E-state index in [-0.39, 0.29) is 18.1 Å². The Kier molecular flexibility index (Phi) is 5.42. The van der Waals surface area contributed by atoms with Crippen LogP contribution in [0.5, 0.6) is 0 Å². The molecule has 100 valence electrons. The highest BCUT2D eigenvalue weighted by Crippen LogP contribution is 2.08. The molecule has 2 aromatic rings. The summed E-state index contributed by atoms with van der Waals surface area (Å²) in [5, 5.41) is 3.26. The number of benzene rings is 2. The monoisotopic (exact) mass is 428 g/mol. The lowest BCUT2D eigenvalue weighted by molar-refractivity contribution is 1.69. The third kappa shape index (κ3) is 5.15. The fourth-order valence-corrected chi connectivity index (χ4v) is 20.9. The lowest BCUT2D eigenvalue weighted by Gasteiger charge is -2.21. The zero-order valence-corrected chi connectivity index (χ0v) is 18.3. The third-order valence-corrected chi connectivity index (χ3v) is 20.6. The molecule has 0 amide bonds. The first-order valence-electron chi connectivity index (χ1n) is 6.43. The first kappa shape index (κ1) is 15.4. The molecule has 2 aromatic carbocycles. The molecule has 0 aromatic heterocycles. The Morgan fingerprint density at radius 3 is 1.32 bits per heavy atom. The molecule has 0 atom stereocenters. The van der Waals surface area contributed by atoms with Gasteiger partial charge in [0.1, 0.15) is 0 Å². The number of halogens is 2. The molecule has 0 fully saturated rings. The highest BCUT2D eigenvalue weighted by Gasteiger charge is 2.22. The van der Waals surface area contributed by atoms with Gasteiger partial charge < -0.3 is 0 Å². The van der Waals surface area contributed by atoms with E-state index in [0.717, 1.165) is 0 Å². The molecule has 2 rings (SSSR count). The summed E-state index contributed by atoms with van der Waals surface area (Å²) in [6, 6.07) is 18.0. The SMILES string of the molecule is C[Si](C)([SiH2]c1ccc(Br)cc1)[SiH2]c1ccc(Br)cc1. The molecule has 19 heavy (non-hydrogen) atoms. The molecular weight excluding hydrogens is 412 g/mol. The maximum Gasteiger partial charge on any atom is 0.0466 e. The minimum absolute atomic E-state index is 0.0849. The summed E-state index contributed by atoms with van der Waals surface area (Å²) in [4.78, 5) is 0. The summed E-state index contributed by atoms with van der Waals surface area (Å²) in [5.74, 6) is 0. The summed E-state index contributed by atoms with van der Waals surface area (Å²) in [6.07, 6.45) is 0. The Labute approximate surface area is 137 Å². The Morgan fingerprint density at radius 2 is 1.00 bits per heavy atom. The Morgan fingerprint density at radius 1 is 0.684 bits per heavy atom. The van der Waals surface area contributed by atoms with Crippen LogP contribution in [0.25, 0.3) is 0 Å². The smallest absolute Gasteiger partial charge is 0.0466 e. The van der Waals surface area contributed by atoms with Gasteiger partial charge in [0.05, 0.1) is 0 Å². The average molecular weight is 430 g/mol. The fourth-order valence-electron chi connectivity index (χ4n) is 2.37. The second-order valence-corrected chi connectivity index (χ2v) is 30.9. The van der Waals surface area contributed by atoms with Crippen molar-refractivity contribution in [1.29, 1.82) is 0 Å². The first-order chi connectivity index (χ1) is 8.94. The maximum atomic E-state index is 3.52. The fraction of sp³-hybridized carbons (Fsp3) is 0.143. The Balaban J connectivity index is 2.05. The van der Waals surface area contributed by atoms with E-state index in [1.165, 1.54) is 8.95 Å². The molecule has 0 saturated carbocycles. The molecule has 0 unspecified atom stereocenters. The highest BCUT2D eigenvalue weighted by molar-refractivity contribution is 9.10. The van der Waals surface area contributed by atoms with Gasteiger partial charge in [0.2, 0.25) is 0 Å². The normalized spacial score (nSPS) is 12.8. The lowest BCUT2D eigenvalue weighted by atomic mass is 10.4. The van der Waals surface area contributed by atoms with Crippen LogP contribution < -0.4 is 10.4 Å². The van der Waals surface area contributed by atoms with Gasteiger partial charge in [-0.3, -0.25) is 0 Å². The molecule has 0 bridgehead atoms. The molecule has 0 spiro atoms. The van der Waals surface area contributed by atoms with Crippen molar-refractivity contribution in [2.75, 3.05) is 0 Å². The summed E-state index contributed by atoms with van der Waals surface area (Å²) >= 11 is 7.03. The van der Waals surface area contributed by atoms with Gasteiger partial charge in [0.15, 0.2) is 0 Å². The quantitative estimate of drug-likeness (QED) is 0.653. The maximum absolute atomic E-state index is 3.52. The van der Waals surface area contributed by atoms with Gasteiger partial charge in [-0.25, -0.2) is 0 Å². The number of hydrogen-bond donors (Lipinski definition) is 0. The lowest BCUT2D eigenvalue weighted by Crippen LogP contribution is -2.52. The van der Waals surface area contributed by atoms with Crippen LogP contribution in [0.1, 0.15) is 0 Å². The summed E-state index contributed by atoms with van der Waals surface area (Å²) in [5.41, 5.74) is 0. The first-order valence-corrected chi connectivity index (χ1v) is 17.1. The van der Waals surface area contributed by atoms with Gasteiger partial charge in [-0.2, -0.15) is 0 Å². The van der Waals surface area contributed by atoms with Crippen LogP contribution >= 0.6 is 31.9 Å². The number of hydrogen-bond acceptors (Lipinski definition) is 0. The van der Waals surface area contributed by atoms with Crippen LogP contribution in [-0.2, 0) is 0 Å². The predicted molar refractivity (Wildman–Crippen MR) is 102 cm³/mol. The van der Waals surface area contributed by atoms with Gasteiger partial charge in [0, 0.05) is 34.1 Å². The van der Waals surface area contributed by atoms with Gasteiger partial charge >= 0.3 is 0 Å². The Hall–Kier alpha value is 0.0506. The van der Waals surface area contributed by atoms with Gasteiger partial charge in [-0.15, -0.1) is 0 Å². The van der Waals surface area contributed by atoms with Crippen LogP contribution in [0.15, 0.2) is 57.5 Å². The van der Waals surface area contributed by atoms with Crippen molar-refractivity contribution in [3.63, 3.8) is 0 Å². The van der Waals surface area contributed by atoms with E-state index in [4.69, 9.17) is 0 Å². The van der Waals surface area contributed by atoms with Crippen molar-refractivity contribution in [3.05, 3.63) is 57.5 Å². The van der Waals surface area contributed by atoms with Crippen LogP contribution in [0, 0.1) is 0 Å². The van der Waals surface area contributed by atoms with Crippen LogP contribution in [0.3, 0.4) is 0 Å². The van der Waals surface area contributed by atoms with Crippen molar-refractivity contribution in [2.24, 2.45) is 0 Å². The molecule has 0 radical (unpaired) electrons. The van der Waals surface area contributed by atoms with E-state index in [0.29, 0.717) is 0 Å². The van der Waals surface area contributed by atoms with E-state index in [2.05, 4.69) is 93.5 Å². The topological polar surface area (TPSA) is 0 Å². The van der Waals surface area contributed by atoms with Crippen LogP contribution in [-0.4, -0.2) is 25.2 Å². The van der Waals surface area contributed by atoms with Crippen LogP contribution in [0.2, 0.25) is 13.1 Å². The predicted octanol–water partition coefficient (Wildman–Crippen LogP) is 2.20. The largest absolute Gasteiger partial charge is 0.0735 e. The van der Waals surface area contributed by atoms with Crippen LogP contribution in [0.4, 0.5) is 0 Å². The van der Waals surface area contributed by atoms with E-state index in [1.54, 1.807) is 10.4 Å². The van der Waals surface area contributed by atoms with Gasteiger partial charge in [-0.1, -0.05) is 79.6 Å². The second kappa shape index (κ2) is 6.67. The zero-order valence-electron chi connectivity index (χ0n) is 11.3. The minimum atomic E-state index is -0.973. The standard InChI is InChI=1S/C14H18Br2Si3/c1-19(2,17-13-7-3-11(15)4-8-13)18-14-9-5-12(16)6-10-14/h3-10H,17-18H2,1-2H3. The molecule has 0 nitrogen and oxygen atoms in total.